The normalized spacial score (nSPS) is 11.2. The van der Waals surface area contributed by atoms with Gasteiger partial charge in [-0.3, -0.25) is 14.9 Å². The van der Waals surface area contributed by atoms with Crippen molar-refractivity contribution < 1.29 is 14.1 Å². The number of halogens is 1. The second-order valence-electron chi connectivity index (χ2n) is 5.40. The Labute approximate surface area is 116 Å². The Balaban J connectivity index is 2.56. The molecule has 0 aliphatic carbocycles. The summed E-state index contributed by atoms with van der Waals surface area (Å²) in [5.74, 6) is -1.18. The summed E-state index contributed by atoms with van der Waals surface area (Å²) >= 11 is 0. The second kappa shape index (κ2) is 6.42. The molecule has 0 saturated carbocycles. The van der Waals surface area contributed by atoms with Crippen molar-refractivity contribution in [2.24, 2.45) is 0 Å². The van der Waals surface area contributed by atoms with Crippen LogP contribution >= 0.6 is 0 Å². The second-order valence-corrected chi connectivity index (χ2v) is 5.40. The number of amides is 1. The highest BCUT2D eigenvalue weighted by Gasteiger charge is 2.13. The average molecular weight is 283 g/mol. The van der Waals surface area contributed by atoms with E-state index in [1.807, 2.05) is 20.8 Å². The molecule has 0 aromatic heterocycles. The Morgan fingerprint density at radius 1 is 1.40 bits per heavy atom. The molecule has 20 heavy (non-hydrogen) atoms. The molecule has 0 aliphatic heterocycles. The molecule has 0 aliphatic rings. The van der Waals surface area contributed by atoms with E-state index in [0.717, 1.165) is 12.1 Å². The zero-order valence-electron chi connectivity index (χ0n) is 11.7. The molecule has 6 nitrogen and oxygen atoms in total. The predicted octanol–water partition coefficient (Wildman–Crippen LogP) is 2.45. The van der Waals surface area contributed by atoms with Gasteiger partial charge in [0.15, 0.2) is 5.82 Å². The monoisotopic (exact) mass is 283 g/mol. The zero-order chi connectivity index (χ0) is 15.3. The molecule has 1 aromatic rings. The van der Waals surface area contributed by atoms with E-state index in [2.05, 4.69) is 10.6 Å². The van der Waals surface area contributed by atoms with Gasteiger partial charge in [-0.15, -0.1) is 0 Å². The van der Waals surface area contributed by atoms with Crippen LogP contribution in [0.2, 0.25) is 0 Å². The minimum absolute atomic E-state index is 0.0589. The molecule has 2 N–H and O–H groups in total. The number of hydrogen-bond acceptors (Lipinski definition) is 4. The van der Waals surface area contributed by atoms with Crippen LogP contribution in [0, 0.1) is 15.9 Å². The lowest BCUT2D eigenvalue weighted by molar-refractivity contribution is -0.385. The van der Waals surface area contributed by atoms with E-state index < -0.39 is 10.7 Å². The van der Waals surface area contributed by atoms with E-state index in [9.17, 15) is 19.3 Å². The van der Waals surface area contributed by atoms with Crippen LogP contribution < -0.4 is 10.6 Å². The van der Waals surface area contributed by atoms with Crippen LogP contribution in [0.4, 0.5) is 15.8 Å². The van der Waals surface area contributed by atoms with Crippen LogP contribution in [0.5, 0.6) is 0 Å². The Bertz CT molecular complexity index is 512. The van der Waals surface area contributed by atoms with E-state index in [1.54, 1.807) is 0 Å². The molecule has 1 amide bonds. The van der Waals surface area contributed by atoms with Gasteiger partial charge in [0.25, 0.3) is 5.69 Å². The minimum atomic E-state index is -0.823. The fourth-order valence-electron chi connectivity index (χ4n) is 1.48. The van der Waals surface area contributed by atoms with Gasteiger partial charge < -0.3 is 10.6 Å². The van der Waals surface area contributed by atoms with Crippen LogP contribution in [0.1, 0.15) is 27.2 Å². The number of non-ortho nitro benzene ring substituents is 1. The summed E-state index contributed by atoms with van der Waals surface area (Å²) < 4.78 is 13.5. The van der Waals surface area contributed by atoms with Crippen molar-refractivity contribution in [3.8, 4) is 0 Å². The SMILES string of the molecule is CC(C)(C)NCCC(=O)Nc1ccc([N+](=O)[O-])cc1F. The molecule has 0 atom stereocenters. The highest BCUT2D eigenvalue weighted by Crippen LogP contribution is 2.20. The fraction of sp³-hybridized carbons (Fsp3) is 0.462. The van der Waals surface area contributed by atoms with Gasteiger partial charge in [0, 0.05) is 24.6 Å². The number of hydrogen-bond donors (Lipinski definition) is 2. The number of carbonyl (C=O) groups excluding carboxylic acids is 1. The van der Waals surface area contributed by atoms with Crippen molar-refractivity contribution >= 4 is 17.3 Å². The molecule has 110 valence electrons. The molecule has 0 unspecified atom stereocenters. The lowest BCUT2D eigenvalue weighted by Gasteiger charge is -2.20. The molecule has 0 spiro atoms. The number of nitrogens with zero attached hydrogens (tertiary/aromatic N) is 1. The highest BCUT2D eigenvalue weighted by molar-refractivity contribution is 5.91. The number of carbonyl (C=O) groups is 1. The maximum Gasteiger partial charge on any atom is 0.272 e. The van der Waals surface area contributed by atoms with E-state index in [4.69, 9.17) is 0 Å². The third kappa shape index (κ3) is 5.31. The molecule has 0 fully saturated rings. The fourth-order valence-corrected chi connectivity index (χ4v) is 1.48. The Morgan fingerprint density at radius 3 is 2.55 bits per heavy atom. The topological polar surface area (TPSA) is 84.3 Å². The average Bonchev–Trinajstić information content (AvgIpc) is 2.29. The summed E-state index contributed by atoms with van der Waals surface area (Å²) in [5.41, 5.74) is -0.509. The van der Waals surface area contributed by atoms with Gasteiger partial charge in [-0.25, -0.2) is 4.39 Å². The predicted molar refractivity (Wildman–Crippen MR) is 74.1 cm³/mol. The van der Waals surface area contributed by atoms with Gasteiger partial charge in [-0.05, 0) is 26.8 Å². The first kappa shape index (κ1) is 16.0. The maximum absolute atomic E-state index is 13.5. The van der Waals surface area contributed by atoms with Gasteiger partial charge in [-0.1, -0.05) is 0 Å². The number of nitro groups is 1. The molecule has 1 rings (SSSR count). The van der Waals surface area contributed by atoms with Crippen molar-refractivity contribution in [1.29, 1.82) is 0 Å². The Hall–Kier alpha value is -2.02. The summed E-state index contributed by atoms with van der Waals surface area (Å²) in [6.07, 6.45) is 0.188. The van der Waals surface area contributed by atoms with Crippen molar-refractivity contribution in [2.45, 2.75) is 32.7 Å². The third-order valence-electron chi connectivity index (χ3n) is 2.44. The smallest absolute Gasteiger partial charge is 0.272 e. The molecule has 0 saturated heterocycles. The Morgan fingerprint density at radius 2 is 2.05 bits per heavy atom. The van der Waals surface area contributed by atoms with Gasteiger partial charge >= 0.3 is 0 Å². The summed E-state index contributed by atoms with van der Waals surface area (Å²) in [6.45, 7) is 6.38. The highest BCUT2D eigenvalue weighted by atomic mass is 19.1. The van der Waals surface area contributed by atoms with Crippen LogP contribution in [0.15, 0.2) is 18.2 Å². The van der Waals surface area contributed by atoms with Crippen LogP contribution in [-0.4, -0.2) is 22.9 Å². The Kier molecular flexibility index (Phi) is 5.15. The van der Waals surface area contributed by atoms with Gasteiger partial charge in [-0.2, -0.15) is 0 Å². The first-order valence-corrected chi connectivity index (χ1v) is 6.18. The van der Waals surface area contributed by atoms with Crippen LogP contribution in [0.3, 0.4) is 0 Å². The van der Waals surface area contributed by atoms with Crippen molar-refractivity contribution in [3.05, 3.63) is 34.1 Å². The van der Waals surface area contributed by atoms with Crippen molar-refractivity contribution in [1.82, 2.24) is 5.32 Å². The number of rotatable bonds is 5. The quantitative estimate of drug-likeness (QED) is 0.642. The van der Waals surface area contributed by atoms with Gasteiger partial charge in [0.2, 0.25) is 5.91 Å². The molecule has 7 heteroatoms. The van der Waals surface area contributed by atoms with E-state index >= 15 is 0 Å². The summed E-state index contributed by atoms with van der Waals surface area (Å²) in [5, 5.41) is 16.0. The molecule has 0 radical (unpaired) electrons. The van der Waals surface area contributed by atoms with Crippen molar-refractivity contribution in [2.75, 3.05) is 11.9 Å². The number of nitro benzene ring substituents is 1. The molecule has 0 bridgehead atoms. The lowest BCUT2D eigenvalue weighted by Crippen LogP contribution is -2.37. The number of anilines is 1. The summed E-state index contributed by atoms with van der Waals surface area (Å²) in [4.78, 5) is 21.4. The summed E-state index contributed by atoms with van der Waals surface area (Å²) in [6, 6.07) is 3.11. The summed E-state index contributed by atoms with van der Waals surface area (Å²) in [7, 11) is 0. The molecule has 1 aromatic carbocycles. The molecular formula is C13H18FN3O3. The van der Waals surface area contributed by atoms with Crippen LogP contribution in [0.25, 0.3) is 0 Å². The zero-order valence-corrected chi connectivity index (χ0v) is 11.7. The first-order valence-electron chi connectivity index (χ1n) is 6.18. The molecule has 0 heterocycles. The van der Waals surface area contributed by atoms with E-state index in [0.29, 0.717) is 6.54 Å². The number of nitrogens with one attached hydrogen (secondary N) is 2. The standard InChI is InChI=1S/C13H18FN3O3/c1-13(2,3)15-7-6-12(18)16-11-5-4-9(17(19)20)8-10(11)14/h4-5,8,15H,6-7H2,1-3H3,(H,16,18). The van der Waals surface area contributed by atoms with E-state index in [-0.39, 0.29) is 29.2 Å². The lowest BCUT2D eigenvalue weighted by atomic mass is 10.1. The third-order valence-corrected chi connectivity index (χ3v) is 2.44. The van der Waals surface area contributed by atoms with Gasteiger partial charge in [0.1, 0.15) is 0 Å². The maximum atomic E-state index is 13.5. The van der Waals surface area contributed by atoms with Crippen LogP contribution in [-0.2, 0) is 4.79 Å². The largest absolute Gasteiger partial charge is 0.324 e. The van der Waals surface area contributed by atoms with Gasteiger partial charge in [0.05, 0.1) is 16.7 Å². The number of benzene rings is 1. The van der Waals surface area contributed by atoms with E-state index in [1.165, 1.54) is 6.07 Å². The first-order chi connectivity index (χ1) is 9.19. The molecular weight excluding hydrogens is 265 g/mol. The minimum Gasteiger partial charge on any atom is -0.324 e. The van der Waals surface area contributed by atoms with Crippen molar-refractivity contribution in [3.63, 3.8) is 0 Å².